The molecule has 0 aromatic heterocycles. The molecule has 4 heteroatoms. The number of carbonyl (C=O) groups excluding carboxylic acids is 1. The van der Waals surface area contributed by atoms with Gasteiger partial charge in [0.25, 0.3) is 0 Å². The van der Waals surface area contributed by atoms with Crippen molar-refractivity contribution in [2.24, 2.45) is 5.73 Å². The van der Waals surface area contributed by atoms with Crippen molar-refractivity contribution in [3.8, 4) is 5.75 Å². The molecular weight excluding hydrogens is 264 g/mol. The molecule has 3 rings (SSSR count). The number of benzene rings is 1. The van der Waals surface area contributed by atoms with Crippen molar-refractivity contribution in [3.05, 3.63) is 29.8 Å². The Morgan fingerprint density at radius 2 is 1.90 bits per heavy atom. The second-order valence-electron chi connectivity index (χ2n) is 6.34. The van der Waals surface area contributed by atoms with E-state index in [1.807, 2.05) is 24.3 Å². The summed E-state index contributed by atoms with van der Waals surface area (Å²) in [7, 11) is 1.66. The summed E-state index contributed by atoms with van der Waals surface area (Å²) in [5.41, 5.74) is 6.69. The number of rotatable bonds is 4. The van der Waals surface area contributed by atoms with Crippen LogP contribution in [-0.4, -0.2) is 25.1 Å². The molecule has 2 fully saturated rings. The highest BCUT2D eigenvalue weighted by Crippen LogP contribution is 2.42. The largest absolute Gasteiger partial charge is 0.497 e. The van der Waals surface area contributed by atoms with Crippen LogP contribution >= 0.6 is 0 Å². The molecule has 0 unspecified atom stereocenters. The lowest BCUT2D eigenvalue weighted by Crippen LogP contribution is -2.58. The number of carbonyl (C=O) groups is 1. The summed E-state index contributed by atoms with van der Waals surface area (Å²) in [5, 5.41) is 3.18. The predicted molar refractivity (Wildman–Crippen MR) is 82.3 cm³/mol. The molecule has 0 spiro atoms. The fourth-order valence-corrected chi connectivity index (χ4v) is 3.55. The van der Waals surface area contributed by atoms with Crippen LogP contribution in [0.3, 0.4) is 0 Å². The molecule has 1 aromatic carbocycles. The van der Waals surface area contributed by atoms with Gasteiger partial charge in [-0.15, -0.1) is 0 Å². The van der Waals surface area contributed by atoms with E-state index in [-0.39, 0.29) is 23.4 Å². The van der Waals surface area contributed by atoms with Crippen molar-refractivity contribution < 1.29 is 9.53 Å². The van der Waals surface area contributed by atoms with E-state index in [1.54, 1.807) is 7.11 Å². The van der Waals surface area contributed by atoms with Gasteiger partial charge in [-0.05, 0) is 43.4 Å². The van der Waals surface area contributed by atoms with Crippen LogP contribution in [0.15, 0.2) is 24.3 Å². The van der Waals surface area contributed by atoms with Crippen LogP contribution in [0.25, 0.3) is 0 Å². The van der Waals surface area contributed by atoms with Crippen LogP contribution < -0.4 is 15.8 Å². The lowest BCUT2D eigenvalue weighted by atomic mass is 9.76. The van der Waals surface area contributed by atoms with Crippen molar-refractivity contribution >= 4 is 5.91 Å². The van der Waals surface area contributed by atoms with Gasteiger partial charge in [-0.25, -0.2) is 0 Å². The molecule has 2 atom stereocenters. The van der Waals surface area contributed by atoms with Crippen molar-refractivity contribution in [2.45, 2.75) is 56.0 Å². The SMILES string of the molecule is COc1ccc(C2(C(=O)N[C@@H]3CC[C@@H]3N)CCCC2)cc1. The van der Waals surface area contributed by atoms with Gasteiger partial charge in [-0.2, -0.15) is 0 Å². The number of methoxy groups -OCH3 is 1. The molecule has 0 heterocycles. The first-order valence-corrected chi connectivity index (χ1v) is 7.87. The average Bonchev–Trinajstić information content (AvgIpc) is 3.02. The third-order valence-corrected chi connectivity index (χ3v) is 5.18. The van der Waals surface area contributed by atoms with E-state index >= 15 is 0 Å². The first kappa shape index (κ1) is 14.4. The van der Waals surface area contributed by atoms with Crippen LogP contribution in [-0.2, 0) is 10.2 Å². The maximum absolute atomic E-state index is 12.9. The zero-order valence-electron chi connectivity index (χ0n) is 12.6. The maximum Gasteiger partial charge on any atom is 0.230 e. The highest BCUT2D eigenvalue weighted by atomic mass is 16.5. The van der Waals surface area contributed by atoms with Gasteiger partial charge in [-0.1, -0.05) is 25.0 Å². The van der Waals surface area contributed by atoms with Crippen molar-refractivity contribution in [1.29, 1.82) is 0 Å². The molecule has 4 nitrogen and oxygen atoms in total. The van der Waals surface area contributed by atoms with Gasteiger partial charge < -0.3 is 15.8 Å². The van der Waals surface area contributed by atoms with Gasteiger partial charge in [-0.3, -0.25) is 4.79 Å². The molecule has 2 aliphatic rings. The standard InChI is InChI=1S/C17H24N2O2/c1-21-13-6-4-12(5-7-13)17(10-2-3-11-17)16(20)19-15-9-8-14(15)18/h4-7,14-15H,2-3,8-11,18H2,1H3,(H,19,20)/t14-,15+/m0/s1. The van der Waals surface area contributed by atoms with Crippen LogP contribution in [0.1, 0.15) is 44.1 Å². The molecular formula is C17H24N2O2. The van der Waals surface area contributed by atoms with Crippen LogP contribution in [0.4, 0.5) is 0 Å². The fraction of sp³-hybridized carbons (Fsp3) is 0.588. The lowest BCUT2D eigenvalue weighted by molar-refractivity contribution is -0.128. The van der Waals surface area contributed by atoms with Gasteiger partial charge in [0.15, 0.2) is 0 Å². The number of nitrogens with two attached hydrogens (primary N) is 1. The summed E-state index contributed by atoms with van der Waals surface area (Å²) in [4.78, 5) is 12.9. The number of hydrogen-bond acceptors (Lipinski definition) is 3. The van der Waals surface area contributed by atoms with E-state index < -0.39 is 0 Å². The monoisotopic (exact) mass is 288 g/mol. The molecule has 2 aliphatic carbocycles. The maximum atomic E-state index is 12.9. The highest BCUT2D eigenvalue weighted by Gasteiger charge is 2.44. The molecule has 1 aromatic rings. The van der Waals surface area contributed by atoms with Crippen molar-refractivity contribution in [1.82, 2.24) is 5.32 Å². The van der Waals surface area contributed by atoms with Crippen LogP contribution in [0, 0.1) is 0 Å². The van der Waals surface area contributed by atoms with E-state index in [4.69, 9.17) is 10.5 Å². The summed E-state index contributed by atoms with van der Waals surface area (Å²) in [6.07, 6.45) is 6.08. The molecule has 21 heavy (non-hydrogen) atoms. The zero-order chi connectivity index (χ0) is 14.9. The molecule has 3 N–H and O–H groups in total. The molecule has 2 saturated carbocycles. The zero-order valence-corrected chi connectivity index (χ0v) is 12.6. The van der Waals surface area contributed by atoms with Gasteiger partial charge >= 0.3 is 0 Å². The molecule has 1 amide bonds. The first-order chi connectivity index (χ1) is 10.2. The predicted octanol–water partition coefficient (Wildman–Crippen LogP) is 2.11. The summed E-state index contributed by atoms with van der Waals surface area (Å²) in [5.74, 6) is 0.985. The third kappa shape index (κ3) is 2.53. The third-order valence-electron chi connectivity index (χ3n) is 5.18. The normalized spacial score (nSPS) is 27.0. The van der Waals surface area contributed by atoms with E-state index in [1.165, 1.54) is 0 Å². The van der Waals surface area contributed by atoms with Crippen molar-refractivity contribution in [2.75, 3.05) is 7.11 Å². The Labute approximate surface area is 126 Å². The molecule has 0 radical (unpaired) electrons. The molecule has 0 saturated heterocycles. The Bertz CT molecular complexity index is 506. The quantitative estimate of drug-likeness (QED) is 0.892. The summed E-state index contributed by atoms with van der Waals surface area (Å²) >= 11 is 0. The topological polar surface area (TPSA) is 64.3 Å². The lowest BCUT2D eigenvalue weighted by Gasteiger charge is -2.38. The van der Waals surface area contributed by atoms with Gasteiger partial charge in [0, 0.05) is 12.1 Å². The smallest absolute Gasteiger partial charge is 0.230 e. The van der Waals surface area contributed by atoms with Gasteiger partial charge in [0.05, 0.1) is 12.5 Å². The molecule has 0 bridgehead atoms. The van der Waals surface area contributed by atoms with E-state index in [0.29, 0.717) is 0 Å². The Morgan fingerprint density at radius 3 is 2.38 bits per heavy atom. The number of hydrogen-bond donors (Lipinski definition) is 2. The minimum absolute atomic E-state index is 0.128. The fourth-order valence-electron chi connectivity index (χ4n) is 3.55. The Hall–Kier alpha value is -1.55. The Kier molecular flexibility index (Phi) is 3.89. The Morgan fingerprint density at radius 1 is 1.24 bits per heavy atom. The second-order valence-corrected chi connectivity index (χ2v) is 6.34. The highest BCUT2D eigenvalue weighted by molar-refractivity contribution is 5.89. The summed E-state index contributed by atoms with van der Waals surface area (Å²) in [6.45, 7) is 0. The second kappa shape index (κ2) is 5.68. The molecule has 0 aliphatic heterocycles. The Balaban J connectivity index is 1.82. The van der Waals surface area contributed by atoms with E-state index in [0.717, 1.165) is 49.8 Å². The van der Waals surface area contributed by atoms with Crippen molar-refractivity contribution in [3.63, 3.8) is 0 Å². The van der Waals surface area contributed by atoms with Crippen LogP contribution in [0.2, 0.25) is 0 Å². The minimum Gasteiger partial charge on any atom is -0.497 e. The summed E-state index contributed by atoms with van der Waals surface area (Å²) < 4.78 is 5.21. The minimum atomic E-state index is -0.373. The number of amides is 1. The van der Waals surface area contributed by atoms with E-state index in [2.05, 4.69) is 5.32 Å². The van der Waals surface area contributed by atoms with Gasteiger partial charge in [0.1, 0.15) is 5.75 Å². The number of ether oxygens (including phenoxy) is 1. The first-order valence-electron chi connectivity index (χ1n) is 7.87. The number of nitrogens with one attached hydrogen (secondary N) is 1. The average molecular weight is 288 g/mol. The summed E-state index contributed by atoms with van der Waals surface area (Å²) in [6, 6.07) is 8.24. The van der Waals surface area contributed by atoms with E-state index in [9.17, 15) is 4.79 Å². The van der Waals surface area contributed by atoms with Gasteiger partial charge in [0.2, 0.25) is 5.91 Å². The van der Waals surface area contributed by atoms with Crippen LogP contribution in [0.5, 0.6) is 5.75 Å². The molecule has 114 valence electrons.